The second kappa shape index (κ2) is 8.74. The first-order chi connectivity index (χ1) is 14.1. The number of aromatic nitrogens is 4. The Morgan fingerprint density at radius 3 is 2.31 bits per heavy atom. The number of nitrogens with zero attached hydrogens (tertiary/aromatic N) is 4. The van der Waals surface area contributed by atoms with Gasteiger partial charge in [0, 0.05) is 31.0 Å². The molecule has 4 rings (SSSR count). The van der Waals surface area contributed by atoms with Crippen LogP contribution in [0.2, 0.25) is 0 Å². The lowest BCUT2D eigenvalue weighted by molar-refractivity contribution is 0.138. The van der Waals surface area contributed by atoms with Gasteiger partial charge in [0.05, 0.1) is 0 Å². The fraction of sp³-hybridized carbons (Fsp3) is 0.435. The van der Waals surface area contributed by atoms with Crippen molar-refractivity contribution in [3.05, 3.63) is 65.4 Å². The monoisotopic (exact) mass is 392 g/mol. The Balaban J connectivity index is 1.49. The van der Waals surface area contributed by atoms with Crippen molar-refractivity contribution in [1.29, 1.82) is 0 Å². The van der Waals surface area contributed by atoms with Gasteiger partial charge >= 0.3 is 0 Å². The van der Waals surface area contributed by atoms with E-state index in [4.69, 9.17) is 9.47 Å². The Morgan fingerprint density at radius 2 is 1.66 bits per heavy atom. The van der Waals surface area contributed by atoms with Gasteiger partial charge in [-0.2, -0.15) is 0 Å². The number of aryl methyl sites for hydroxylation is 2. The van der Waals surface area contributed by atoms with Gasteiger partial charge in [0.15, 0.2) is 5.82 Å². The van der Waals surface area contributed by atoms with E-state index in [-0.39, 0.29) is 6.10 Å². The molecule has 2 aromatic heterocycles. The molecule has 0 amide bonds. The van der Waals surface area contributed by atoms with E-state index < -0.39 is 0 Å². The van der Waals surface area contributed by atoms with Crippen LogP contribution in [0.4, 0.5) is 0 Å². The van der Waals surface area contributed by atoms with Crippen LogP contribution in [-0.2, 0) is 11.3 Å². The topological polar surface area (TPSA) is 62.1 Å². The Labute approximate surface area is 171 Å². The van der Waals surface area contributed by atoms with E-state index in [2.05, 4.69) is 50.9 Å². The molecule has 1 saturated carbocycles. The van der Waals surface area contributed by atoms with E-state index in [1.807, 2.05) is 25.3 Å². The Bertz CT molecular complexity index is 927. The summed E-state index contributed by atoms with van der Waals surface area (Å²) in [5.41, 5.74) is 3.47. The molecule has 152 valence electrons. The standard InChI is InChI=1S/C23H28N4O2/c1-16-4-9-19(10-5-16)27-21(15-28-3)25-26-23(27)18-7-11-20(12-8-18)29-22-13-6-17(2)14-24-22/h4-6,9-10,13-14,18,20H,7-8,11-12,15H2,1-3H3. The minimum Gasteiger partial charge on any atom is -0.474 e. The van der Waals surface area contributed by atoms with Crippen molar-refractivity contribution < 1.29 is 9.47 Å². The molecular weight excluding hydrogens is 364 g/mol. The summed E-state index contributed by atoms with van der Waals surface area (Å²) < 4.78 is 13.6. The highest BCUT2D eigenvalue weighted by Gasteiger charge is 2.28. The molecule has 29 heavy (non-hydrogen) atoms. The van der Waals surface area contributed by atoms with Crippen molar-refractivity contribution in [2.24, 2.45) is 0 Å². The molecule has 6 heteroatoms. The highest BCUT2D eigenvalue weighted by Crippen LogP contribution is 2.35. The van der Waals surface area contributed by atoms with Crippen LogP contribution in [0, 0.1) is 13.8 Å². The highest BCUT2D eigenvalue weighted by atomic mass is 16.5. The molecule has 0 radical (unpaired) electrons. The van der Waals surface area contributed by atoms with Crippen LogP contribution in [-0.4, -0.2) is 33.0 Å². The lowest BCUT2D eigenvalue weighted by Gasteiger charge is -2.28. The molecule has 1 aliphatic rings. The third-order valence-electron chi connectivity index (χ3n) is 5.53. The molecule has 0 spiro atoms. The van der Waals surface area contributed by atoms with Gasteiger partial charge in [0.1, 0.15) is 18.5 Å². The van der Waals surface area contributed by atoms with Crippen LogP contribution < -0.4 is 4.74 Å². The van der Waals surface area contributed by atoms with Gasteiger partial charge < -0.3 is 9.47 Å². The second-order valence-corrected chi connectivity index (χ2v) is 7.84. The average molecular weight is 393 g/mol. The summed E-state index contributed by atoms with van der Waals surface area (Å²) in [7, 11) is 1.69. The molecule has 1 fully saturated rings. The van der Waals surface area contributed by atoms with Crippen LogP contribution in [0.5, 0.6) is 5.88 Å². The number of ether oxygens (including phenoxy) is 2. The number of pyridine rings is 1. The number of rotatable bonds is 6. The van der Waals surface area contributed by atoms with Crippen LogP contribution in [0.15, 0.2) is 42.6 Å². The van der Waals surface area contributed by atoms with Crippen molar-refractivity contribution in [3.63, 3.8) is 0 Å². The van der Waals surface area contributed by atoms with Gasteiger partial charge in [-0.25, -0.2) is 4.98 Å². The van der Waals surface area contributed by atoms with E-state index >= 15 is 0 Å². The lowest BCUT2D eigenvalue weighted by Crippen LogP contribution is -2.25. The van der Waals surface area contributed by atoms with Crippen molar-refractivity contribution in [2.75, 3.05) is 7.11 Å². The summed E-state index contributed by atoms with van der Waals surface area (Å²) in [5.74, 6) is 2.94. The summed E-state index contributed by atoms with van der Waals surface area (Å²) in [4.78, 5) is 4.37. The molecule has 3 aromatic rings. The summed E-state index contributed by atoms with van der Waals surface area (Å²) in [6.45, 7) is 4.57. The van der Waals surface area contributed by atoms with Crippen LogP contribution in [0.3, 0.4) is 0 Å². The first-order valence-electron chi connectivity index (χ1n) is 10.2. The lowest BCUT2D eigenvalue weighted by atomic mass is 9.86. The molecule has 0 N–H and O–H groups in total. The first-order valence-corrected chi connectivity index (χ1v) is 10.2. The Hall–Kier alpha value is -2.73. The van der Waals surface area contributed by atoms with E-state index in [9.17, 15) is 0 Å². The molecule has 0 aliphatic heterocycles. The molecular formula is C23H28N4O2. The molecule has 0 bridgehead atoms. The van der Waals surface area contributed by atoms with E-state index in [0.29, 0.717) is 18.4 Å². The highest BCUT2D eigenvalue weighted by molar-refractivity contribution is 5.37. The normalized spacial score (nSPS) is 19.3. The molecule has 0 atom stereocenters. The van der Waals surface area contributed by atoms with Crippen molar-refractivity contribution in [3.8, 4) is 11.6 Å². The number of methoxy groups -OCH3 is 1. The number of hydrogen-bond acceptors (Lipinski definition) is 5. The molecule has 2 heterocycles. The van der Waals surface area contributed by atoms with Crippen LogP contribution in [0.25, 0.3) is 5.69 Å². The Morgan fingerprint density at radius 1 is 0.931 bits per heavy atom. The fourth-order valence-electron chi connectivity index (χ4n) is 3.93. The zero-order valence-corrected chi connectivity index (χ0v) is 17.3. The predicted molar refractivity (Wildman–Crippen MR) is 111 cm³/mol. The van der Waals surface area contributed by atoms with Crippen molar-refractivity contribution in [2.45, 2.75) is 58.2 Å². The average Bonchev–Trinajstić information content (AvgIpc) is 3.15. The largest absolute Gasteiger partial charge is 0.474 e. The molecule has 1 aliphatic carbocycles. The zero-order valence-electron chi connectivity index (χ0n) is 17.3. The van der Waals surface area contributed by atoms with Gasteiger partial charge in [-0.3, -0.25) is 4.57 Å². The second-order valence-electron chi connectivity index (χ2n) is 7.84. The van der Waals surface area contributed by atoms with Crippen LogP contribution >= 0.6 is 0 Å². The summed E-state index contributed by atoms with van der Waals surface area (Å²) >= 11 is 0. The number of benzene rings is 1. The minimum atomic E-state index is 0.204. The zero-order chi connectivity index (χ0) is 20.2. The minimum absolute atomic E-state index is 0.204. The molecule has 1 aromatic carbocycles. The van der Waals surface area contributed by atoms with Crippen molar-refractivity contribution >= 4 is 0 Å². The first kappa shape index (κ1) is 19.6. The van der Waals surface area contributed by atoms with Crippen LogP contribution in [0.1, 0.15) is 54.4 Å². The number of hydrogen-bond donors (Lipinski definition) is 0. The van der Waals surface area contributed by atoms with Gasteiger partial charge in [-0.05, 0) is 57.2 Å². The molecule has 6 nitrogen and oxygen atoms in total. The van der Waals surface area contributed by atoms with Gasteiger partial charge in [0.25, 0.3) is 0 Å². The Kier molecular flexibility index (Phi) is 5.90. The van der Waals surface area contributed by atoms with Crippen molar-refractivity contribution in [1.82, 2.24) is 19.7 Å². The summed E-state index contributed by atoms with van der Waals surface area (Å²) in [5, 5.41) is 8.98. The summed E-state index contributed by atoms with van der Waals surface area (Å²) in [6, 6.07) is 12.5. The maximum atomic E-state index is 6.09. The third kappa shape index (κ3) is 4.48. The summed E-state index contributed by atoms with van der Waals surface area (Å²) in [6.07, 6.45) is 6.07. The molecule has 0 saturated heterocycles. The quantitative estimate of drug-likeness (QED) is 0.617. The van der Waals surface area contributed by atoms with E-state index in [1.165, 1.54) is 5.56 Å². The van der Waals surface area contributed by atoms with E-state index in [0.717, 1.165) is 48.6 Å². The SMILES string of the molecule is COCc1nnc(C2CCC(Oc3ccc(C)cn3)CC2)n1-c1ccc(C)cc1. The molecule has 0 unspecified atom stereocenters. The maximum Gasteiger partial charge on any atom is 0.213 e. The van der Waals surface area contributed by atoms with Gasteiger partial charge in [-0.15, -0.1) is 10.2 Å². The predicted octanol–water partition coefficient (Wildman–Crippen LogP) is 4.53. The third-order valence-corrected chi connectivity index (χ3v) is 5.53. The van der Waals surface area contributed by atoms with Gasteiger partial charge in [-0.1, -0.05) is 23.8 Å². The van der Waals surface area contributed by atoms with E-state index in [1.54, 1.807) is 7.11 Å². The van der Waals surface area contributed by atoms with Gasteiger partial charge in [0.2, 0.25) is 5.88 Å². The smallest absolute Gasteiger partial charge is 0.213 e. The maximum absolute atomic E-state index is 6.09. The fourth-order valence-corrected chi connectivity index (χ4v) is 3.93.